The van der Waals surface area contributed by atoms with Crippen molar-refractivity contribution in [3.8, 4) is 0 Å². The summed E-state index contributed by atoms with van der Waals surface area (Å²) >= 11 is 0. The van der Waals surface area contributed by atoms with Crippen LogP contribution in [0.1, 0.15) is 34.6 Å². The van der Waals surface area contributed by atoms with Gasteiger partial charge in [0.1, 0.15) is 0 Å². The van der Waals surface area contributed by atoms with Gasteiger partial charge in [-0.2, -0.15) is 0 Å². The van der Waals surface area contributed by atoms with Gasteiger partial charge in [-0.15, -0.1) is 0 Å². The molecule has 1 aliphatic heterocycles. The molecular formula is C18H18N2O3. The smallest absolute Gasteiger partial charge is 0.261 e. The minimum Gasteiger partial charge on any atom is -0.354 e. The number of hydrogen-bond acceptors (Lipinski definition) is 3. The Balaban J connectivity index is 1.80. The molecule has 0 spiro atoms. The van der Waals surface area contributed by atoms with Gasteiger partial charge in [-0.3, -0.25) is 19.3 Å². The van der Waals surface area contributed by atoms with Gasteiger partial charge >= 0.3 is 0 Å². The third-order valence-corrected chi connectivity index (χ3v) is 4.00. The Hall–Kier alpha value is -2.69. The maximum absolute atomic E-state index is 12.5. The highest BCUT2D eigenvalue weighted by Crippen LogP contribution is 2.27. The topological polar surface area (TPSA) is 66.5 Å². The SMILES string of the molecule is CC(C)C(=O)NCCN1C(=O)c2cc3ccccc3cc2C1=O. The van der Waals surface area contributed by atoms with Crippen LogP contribution >= 0.6 is 0 Å². The molecule has 0 aromatic heterocycles. The number of carbonyl (C=O) groups excluding carboxylic acids is 3. The van der Waals surface area contributed by atoms with Crippen molar-refractivity contribution >= 4 is 28.5 Å². The summed E-state index contributed by atoms with van der Waals surface area (Å²) in [6, 6.07) is 11.2. The predicted molar refractivity (Wildman–Crippen MR) is 87.2 cm³/mol. The molecule has 0 saturated heterocycles. The Bertz CT molecular complexity index is 757. The maximum atomic E-state index is 12.5. The fourth-order valence-electron chi connectivity index (χ4n) is 2.68. The second-order valence-corrected chi connectivity index (χ2v) is 5.95. The van der Waals surface area contributed by atoms with Crippen LogP contribution in [0.5, 0.6) is 0 Å². The number of rotatable bonds is 4. The molecule has 3 rings (SSSR count). The molecule has 0 bridgehead atoms. The number of imide groups is 1. The zero-order valence-corrected chi connectivity index (χ0v) is 13.1. The van der Waals surface area contributed by atoms with Gasteiger partial charge < -0.3 is 5.32 Å². The van der Waals surface area contributed by atoms with Crippen molar-refractivity contribution in [3.05, 3.63) is 47.5 Å². The molecule has 0 saturated carbocycles. The fourth-order valence-corrected chi connectivity index (χ4v) is 2.68. The maximum Gasteiger partial charge on any atom is 0.261 e. The highest BCUT2D eigenvalue weighted by atomic mass is 16.2. The van der Waals surface area contributed by atoms with Gasteiger partial charge in [-0.1, -0.05) is 38.1 Å². The van der Waals surface area contributed by atoms with Crippen LogP contribution in [-0.4, -0.2) is 35.7 Å². The van der Waals surface area contributed by atoms with Gasteiger partial charge in [0, 0.05) is 19.0 Å². The second-order valence-electron chi connectivity index (χ2n) is 5.95. The van der Waals surface area contributed by atoms with E-state index in [1.54, 1.807) is 26.0 Å². The standard InChI is InChI=1S/C18H18N2O3/c1-11(2)16(21)19-7-8-20-17(22)14-9-12-5-3-4-6-13(12)10-15(14)18(20)23/h3-6,9-11H,7-8H2,1-2H3,(H,19,21). The number of carbonyl (C=O) groups is 3. The van der Waals surface area contributed by atoms with Gasteiger partial charge in [0.05, 0.1) is 11.1 Å². The van der Waals surface area contributed by atoms with Crippen LogP contribution in [0.25, 0.3) is 10.8 Å². The largest absolute Gasteiger partial charge is 0.354 e. The van der Waals surface area contributed by atoms with Gasteiger partial charge in [-0.05, 0) is 22.9 Å². The van der Waals surface area contributed by atoms with Crippen molar-refractivity contribution in [2.24, 2.45) is 5.92 Å². The summed E-state index contributed by atoms with van der Waals surface area (Å²) in [5.74, 6) is -0.807. The lowest BCUT2D eigenvalue weighted by Gasteiger charge is -2.14. The molecule has 0 aliphatic carbocycles. The minimum absolute atomic E-state index is 0.0904. The Morgan fingerprint density at radius 1 is 1.04 bits per heavy atom. The first kappa shape index (κ1) is 15.2. The number of fused-ring (bicyclic) bond motifs is 2. The van der Waals surface area contributed by atoms with E-state index in [1.165, 1.54) is 4.90 Å². The minimum atomic E-state index is -0.297. The number of amides is 3. The molecule has 5 heteroatoms. The Kier molecular flexibility index (Phi) is 3.86. The Morgan fingerprint density at radius 2 is 1.57 bits per heavy atom. The molecular weight excluding hydrogens is 292 g/mol. The zero-order chi connectivity index (χ0) is 16.6. The second kappa shape index (κ2) is 5.83. The first-order valence-corrected chi connectivity index (χ1v) is 7.65. The number of nitrogens with one attached hydrogen (secondary N) is 1. The number of benzene rings is 2. The van der Waals surface area contributed by atoms with Crippen LogP contribution in [0.2, 0.25) is 0 Å². The fraction of sp³-hybridized carbons (Fsp3) is 0.278. The summed E-state index contributed by atoms with van der Waals surface area (Å²) in [4.78, 5) is 37.7. The quantitative estimate of drug-likeness (QED) is 0.881. The summed E-state index contributed by atoms with van der Waals surface area (Å²) in [6.07, 6.45) is 0. The molecule has 118 valence electrons. The van der Waals surface area contributed by atoms with Crippen molar-refractivity contribution in [3.63, 3.8) is 0 Å². The molecule has 0 atom stereocenters. The monoisotopic (exact) mass is 310 g/mol. The van der Waals surface area contributed by atoms with Crippen LogP contribution in [0.4, 0.5) is 0 Å². The molecule has 23 heavy (non-hydrogen) atoms. The lowest BCUT2D eigenvalue weighted by molar-refractivity contribution is -0.124. The lowest BCUT2D eigenvalue weighted by atomic mass is 10.0. The number of nitrogens with zero attached hydrogens (tertiary/aromatic N) is 1. The van der Waals surface area contributed by atoms with Crippen LogP contribution in [0, 0.1) is 5.92 Å². The van der Waals surface area contributed by atoms with Gasteiger partial charge in [0.2, 0.25) is 5.91 Å². The molecule has 3 amide bonds. The van der Waals surface area contributed by atoms with Gasteiger partial charge in [0.25, 0.3) is 11.8 Å². The highest BCUT2D eigenvalue weighted by Gasteiger charge is 2.35. The molecule has 0 unspecified atom stereocenters. The molecule has 1 heterocycles. The summed E-state index contributed by atoms with van der Waals surface area (Å²) < 4.78 is 0. The molecule has 2 aromatic carbocycles. The van der Waals surface area contributed by atoms with E-state index >= 15 is 0 Å². The molecule has 1 N–H and O–H groups in total. The van der Waals surface area contributed by atoms with E-state index in [4.69, 9.17) is 0 Å². The van der Waals surface area contributed by atoms with E-state index in [-0.39, 0.29) is 36.7 Å². The van der Waals surface area contributed by atoms with Crippen molar-refractivity contribution in [2.75, 3.05) is 13.1 Å². The Morgan fingerprint density at radius 3 is 2.04 bits per heavy atom. The van der Waals surface area contributed by atoms with E-state index in [0.717, 1.165) is 10.8 Å². The zero-order valence-electron chi connectivity index (χ0n) is 13.1. The lowest BCUT2D eigenvalue weighted by Crippen LogP contribution is -2.39. The predicted octanol–water partition coefficient (Wildman–Crippen LogP) is 2.21. The van der Waals surface area contributed by atoms with Crippen LogP contribution < -0.4 is 5.32 Å². The molecule has 1 aliphatic rings. The normalized spacial score (nSPS) is 13.8. The summed E-state index contributed by atoms with van der Waals surface area (Å²) in [7, 11) is 0. The first-order chi connectivity index (χ1) is 11.0. The van der Waals surface area contributed by atoms with Crippen molar-refractivity contribution in [1.82, 2.24) is 10.2 Å². The van der Waals surface area contributed by atoms with Crippen LogP contribution in [0.3, 0.4) is 0 Å². The third kappa shape index (κ3) is 2.70. The first-order valence-electron chi connectivity index (χ1n) is 7.65. The van der Waals surface area contributed by atoms with E-state index in [1.807, 2.05) is 24.3 Å². The Labute approximate surface area is 134 Å². The van der Waals surface area contributed by atoms with E-state index in [0.29, 0.717) is 11.1 Å². The number of hydrogen-bond donors (Lipinski definition) is 1. The van der Waals surface area contributed by atoms with E-state index < -0.39 is 0 Å². The summed E-state index contributed by atoms with van der Waals surface area (Å²) in [5.41, 5.74) is 0.868. The van der Waals surface area contributed by atoms with Gasteiger partial charge in [0.15, 0.2) is 0 Å². The summed E-state index contributed by atoms with van der Waals surface area (Å²) in [5, 5.41) is 4.59. The van der Waals surface area contributed by atoms with Crippen molar-refractivity contribution in [1.29, 1.82) is 0 Å². The van der Waals surface area contributed by atoms with Gasteiger partial charge in [-0.25, -0.2) is 0 Å². The van der Waals surface area contributed by atoms with Crippen molar-refractivity contribution < 1.29 is 14.4 Å². The van der Waals surface area contributed by atoms with Crippen LogP contribution in [0.15, 0.2) is 36.4 Å². The van der Waals surface area contributed by atoms with E-state index in [9.17, 15) is 14.4 Å². The van der Waals surface area contributed by atoms with Crippen molar-refractivity contribution in [2.45, 2.75) is 13.8 Å². The molecule has 0 fully saturated rings. The molecule has 0 radical (unpaired) electrons. The summed E-state index contributed by atoms with van der Waals surface area (Å²) in [6.45, 7) is 4.04. The molecule has 5 nitrogen and oxygen atoms in total. The average Bonchev–Trinajstić information content (AvgIpc) is 2.77. The highest BCUT2D eigenvalue weighted by molar-refractivity contribution is 6.23. The van der Waals surface area contributed by atoms with Crippen LogP contribution in [-0.2, 0) is 4.79 Å². The molecule has 2 aromatic rings. The van der Waals surface area contributed by atoms with E-state index in [2.05, 4.69) is 5.32 Å². The third-order valence-electron chi connectivity index (χ3n) is 4.00. The average molecular weight is 310 g/mol.